The van der Waals surface area contributed by atoms with Gasteiger partial charge in [-0.2, -0.15) is 0 Å². The van der Waals surface area contributed by atoms with Crippen molar-refractivity contribution in [2.24, 2.45) is 5.73 Å². The van der Waals surface area contributed by atoms with E-state index in [1.807, 2.05) is 23.6 Å². The van der Waals surface area contributed by atoms with Crippen molar-refractivity contribution in [3.8, 4) is 16.9 Å². The molecular formula is C22H22N2O5S. The fourth-order valence-corrected chi connectivity index (χ4v) is 3.98. The number of nitrogens with zero attached hydrogens (tertiary/aromatic N) is 1. The summed E-state index contributed by atoms with van der Waals surface area (Å²) in [7, 11) is -3.31. The number of primary amides is 1. The number of carbonyl (C=O) groups is 2. The summed E-state index contributed by atoms with van der Waals surface area (Å²) in [6.07, 6.45) is 1.43. The fraction of sp³-hybridized carbons (Fsp3) is 0.182. The largest absolute Gasteiger partial charge is 0.481 e. The molecule has 7 nitrogen and oxygen atoms in total. The summed E-state index contributed by atoms with van der Waals surface area (Å²) in [5.74, 6) is -1.43. The number of carboxylic acids is 1. The van der Waals surface area contributed by atoms with E-state index in [4.69, 9.17) is 10.8 Å². The van der Waals surface area contributed by atoms with Crippen LogP contribution in [0, 0.1) is 6.92 Å². The second-order valence-electron chi connectivity index (χ2n) is 7.10. The van der Waals surface area contributed by atoms with Gasteiger partial charge in [-0.25, -0.2) is 8.42 Å². The summed E-state index contributed by atoms with van der Waals surface area (Å²) in [5.41, 5.74) is 9.69. The van der Waals surface area contributed by atoms with E-state index in [1.54, 1.807) is 42.5 Å². The van der Waals surface area contributed by atoms with E-state index in [2.05, 4.69) is 0 Å². The quantitative estimate of drug-likeness (QED) is 0.602. The summed E-state index contributed by atoms with van der Waals surface area (Å²) in [6, 6.07) is 15.3. The highest BCUT2D eigenvalue weighted by Crippen LogP contribution is 2.30. The minimum absolute atomic E-state index is 0.0329. The summed E-state index contributed by atoms with van der Waals surface area (Å²) in [5, 5.41) is 9.10. The van der Waals surface area contributed by atoms with Crippen molar-refractivity contribution in [3.63, 3.8) is 0 Å². The number of carbonyl (C=O) groups excluding carboxylic acids is 1. The number of aryl methyl sites for hydroxylation is 2. The highest BCUT2D eigenvalue weighted by molar-refractivity contribution is 7.90. The smallest absolute Gasteiger partial charge is 0.303 e. The van der Waals surface area contributed by atoms with Crippen LogP contribution < -0.4 is 5.73 Å². The van der Waals surface area contributed by atoms with Gasteiger partial charge in [0.2, 0.25) is 5.91 Å². The highest BCUT2D eigenvalue weighted by atomic mass is 32.2. The molecule has 1 heterocycles. The molecule has 0 unspecified atom stereocenters. The van der Waals surface area contributed by atoms with Gasteiger partial charge in [0.25, 0.3) is 0 Å². The van der Waals surface area contributed by atoms with Crippen LogP contribution in [0.2, 0.25) is 0 Å². The Hall–Kier alpha value is -3.39. The maximum atomic E-state index is 11.8. The number of aromatic nitrogens is 1. The van der Waals surface area contributed by atoms with Crippen molar-refractivity contribution in [3.05, 3.63) is 71.4 Å². The second kappa shape index (κ2) is 8.16. The average Bonchev–Trinajstić information content (AvgIpc) is 3.09. The third kappa shape index (κ3) is 4.44. The molecule has 0 aliphatic rings. The van der Waals surface area contributed by atoms with E-state index in [0.717, 1.165) is 34.5 Å². The van der Waals surface area contributed by atoms with E-state index in [-0.39, 0.29) is 11.3 Å². The summed E-state index contributed by atoms with van der Waals surface area (Å²) < 4.78 is 25.4. The molecule has 30 heavy (non-hydrogen) atoms. The molecule has 156 valence electrons. The Morgan fingerprint density at radius 3 is 2.23 bits per heavy atom. The predicted molar refractivity (Wildman–Crippen MR) is 114 cm³/mol. The van der Waals surface area contributed by atoms with Crippen molar-refractivity contribution in [1.82, 2.24) is 4.57 Å². The van der Waals surface area contributed by atoms with Gasteiger partial charge in [-0.3, -0.25) is 9.59 Å². The third-order valence-corrected chi connectivity index (χ3v) is 5.99. The molecule has 0 fully saturated rings. The summed E-state index contributed by atoms with van der Waals surface area (Å²) in [6.45, 7) is 1.85. The van der Waals surface area contributed by atoms with Gasteiger partial charge in [0.1, 0.15) is 0 Å². The van der Waals surface area contributed by atoms with Gasteiger partial charge < -0.3 is 15.4 Å². The van der Waals surface area contributed by atoms with Crippen molar-refractivity contribution < 1.29 is 23.1 Å². The zero-order valence-electron chi connectivity index (χ0n) is 16.6. The minimum Gasteiger partial charge on any atom is -0.481 e. The Morgan fingerprint density at radius 2 is 1.70 bits per heavy atom. The fourth-order valence-electron chi connectivity index (χ4n) is 3.35. The molecule has 1 aromatic heterocycles. The van der Waals surface area contributed by atoms with Crippen LogP contribution in [-0.2, 0) is 21.1 Å². The van der Waals surface area contributed by atoms with Gasteiger partial charge >= 0.3 is 5.97 Å². The molecule has 0 atom stereocenters. The molecule has 0 radical (unpaired) electrons. The van der Waals surface area contributed by atoms with Crippen molar-refractivity contribution in [1.29, 1.82) is 0 Å². The van der Waals surface area contributed by atoms with Gasteiger partial charge in [0.05, 0.1) is 17.0 Å². The predicted octanol–water partition coefficient (Wildman–Crippen LogP) is 2.97. The van der Waals surface area contributed by atoms with E-state index in [0.29, 0.717) is 12.0 Å². The number of carboxylic acid groups (broad SMARTS) is 1. The molecule has 8 heteroatoms. The average molecular weight is 426 g/mol. The Balaban J connectivity index is 2.15. The van der Waals surface area contributed by atoms with Crippen LogP contribution in [0.25, 0.3) is 16.9 Å². The maximum Gasteiger partial charge on any atom is 0.303 e. The second-order valence-corrected chi connectivity index (χ2v) is 9.12. The zero-order chi connectivity index (χ0) is 22.1. The summed E-state index contributed by atoms with van der Waals surface area (Å²) >= 11 is 0. The topological polar surface area (TPSA) is 119 Å². The zero-order valence-corrected chi connectivity index (χ0v) is 17.4. The lowest BCUT2D eigenvalue weighted by Gasteiger charge is -2.17. The number of aliphatic carboxylic acids is 1. The van der Waals surface area contributed by atoms with Gasteiger partial charge in [0, 0.05) is 23.2 Å². The lowest BCUT2D eigenvalue weighted by atomic mass is 10.1. The Labute approximate surface area is 174 Å². The van der Waals surface area contributed by atoms with Gasteiger partial charge in [-0.15, -0.1) is 0 Å². The van der Waals surface area contributed by atoms with Crippen LogP contribution in [0.1, 0.15) is 28.0 Å². The van der Waals surface area contributed by atoms with E-state index >= 15 is 0 Å². The molecule has 3 aromatic rings. The first kappa shape index (κ1) is 21.3. The molecule has 1 amide bonds. The number of amides is 1. The molecule has 0 bridgehead atoms. The minimum atomic E-state index is -3.31. The first-order valence-corrected chi connectivity index (χ1v) is 11.1. The number of hydrogen-bond donors (Lipinski definition) is 2. The first-order chi connectivity index (χ1) is 14.1. The molecule has 0 spiro atoms. The molecule has 3 rings (SSSR count). The van der Waals surface area contributed by atoms with Crippen LogP contribution in [0.4, 0.5) is 0 Å². The Bertz CT molecular complexity index is 1220. The number of benzene rings is 2. The van der Waals surface area contributed by atoms with E-state index < -0.39 is 21.7 Å². The van der Waals surface area contributed by atoms with E-state index in [1.165, 1.54) is 0 Å². The van der Waals surface area contributed by atoms with Gasteiger partial charge in [-0.05, 0) is 66.9 Å². The molecule has 0 aliphatic heterocycles. The van der Waals surface area contributed by atoms with Crippen LogP contribution in [0.5, 0.6) is 0 Å². The van der Waals surface area contributed by atoms with Gasteiger partial charge in [0.15, 0.2) is 9.84 Å². The molecule has 0 aliphatic carbocycles. The third-order valence-electron chi connectivity index (χ3n) is 4.86. The lowest BCUT2D eigenvalue weighted by Crippen LogP contribution is -2.12. The lowest BCUT2D eigenvalue weighted by molar-refractivity contribution is -0.136. The number of nitrogens with two attached hydrogens (primary N) is 1. The van der Waals surface area contributed by atoms with Crippen LogP contribution in [-0.4, -0.2) is 36.2 Å². The Morgan fingerprint density at radius 1 is 1.03 bits per heavy atom. The molecule has 0 saturated carbocycles. The van der Waals surface area contributed by atoms with Crippen molar-refractivity contribution >= 4 is 21.7 Å². The van der Waals surface area contributed by atoms with E-state index in [9.17, 15) is 18.0 Å². The number of hydrogen-bond acceptors (Lipinski definition) is 4. The Kier molecular flexibility index (Phi) is 5.80. The highest BCUT2D eigenvalue weighted by Gasteiger charge is 2.16. The van der Waals surface area contributed by atoms with Crippen LogP contribution in [0.3, 0.4) is 0 Å². The summed E-state index contributed by atoms with van der Waals surface area (Å²) in [4.78, 5) is 22.8. The van der Waals surface area contributed by atoms with Crippen LogP contribution in [0.15, 0.2) is 59.5 Å². The van der Waals surface area contributed by atoms with Crippen molar-refractivity contribution in [2.75, 3.05) is 6.26 Å². The van der Waals surface area contributed by atoms with Crippen molar-refractivity contribution in [2.45, 2.75) is 24.7 Å². The molecule has 2 aromatic carbocycles. The molecule has 3 N–H and O–H groups in total. The monoisotopic (exact) mass is 426 g/mol. The van der Waals surface area contributed by atoms with Gasteiger partial charge in [-0.1, -0.05) is 12.1 Å². The molecule has 0 saturated heterocycles. The maximum absolute atomic E-state index is 11.8. The normalized spacial score (nSPS) is 11.4. The van der Waals surface area contributed by atoms with Crippen LogP contribution >= 0.6 is 0 Å². The number of rotatable bonds is 7. The first-order valence-electron chi connectivity index (χ1n) is 9.21. The SMILES string of the molecule is Cc1cc(C(N)=O)ccc1-n1c(CCC(=O)O)ccc1-c1ccc(S(C)(=O)=O)cc1. The standard InChI is InChI=1S/C22H22N2O5S/c1-14-13-16(22(23)27)5-10-19(14)24-17(7-12-21(25)26)6-11-20(24)15-3-8-18(9-4-15)30(2,28)29/h3-6,8-11,13H,7,12H2,1-2H3,(H2,23,27)(H,25,26). The number of sulfone groups is 1. The molecular weight excluding hydrogens is 404 g/mol.